The van der Waals surface area contributed by atoms with Crippen molar-refractivity contribution in [2.24, 2.45) is 0 Å². The van der Waals surface area contributed by atoms with E-state index < -0.39 is 5.82 Å². The van der Waals surface area contributed by atoms with Gasteiger partial charge in [0.05, 0.1) is 11.6 Å². The third-order valence-corrected chi connectivity index (χ3v) is 4.33. The molecule has 0 saturated heterocycles. The maximum Gasteiger partial charge on any atom is 0.230 e. The van der Waals surface area contributed by atoms with Crippen molar-refractivity contribution in [1.82, 2.24) is 10.1 Å². The molecule has 0 spiro atoms. The molecule has 2 rings (SSSR count). The summed E-state index contributed by atoms with van der Waals surface area (Å²) in [5.41, 5.74) is 1.84. The Kier molecular flexibility index (Phi) is 5.42. The quantitative estimate of drug-likeness (QED) is 0.819. The van der Waals surface area contributed by atoms with E-state index >= 15 is 0 Å². The zero-order valence-corrected chi connectivity index (χ0v) is 14.4. The molecule has 1 atom stereocenters. The van der Waals surface area contributed by atoms with Crippen LogP contribution in [-0.2, 0) is 11.3 Å². The van der Waals surface area contributed by atoms with Gasteiger partial charge in [-0.2, -0.15) is 0 Å². The number of halogens is 2. The Bertz CT molecular complexity index is 675. The zero-order chi connectivity index (χ0) is 17.1. The summed E-state index contributed by atoms with van der Waals surface area (Å²) in [5, 5.41) is 4.23. The van der Waals surface area contributed by atoms with E-state index in [2.05, 4.69) is 5.16 Å². The molecule has 0 fully saturated rings. The molecule has 0 aliphatic heterocycles. The minimum atomic E-state index is -0.414. The Hall–Kier alpha value is -1.88. The first-order chi connectivity index (χ1) is 10.9. The van der Waals surface area contributed by atoms with Crippen LogP contribution in [0.5, 0.6) is 0 Å². The molecule has 1 aromatic carbocycles. The second-order valence-electron chi connectivity index (χ2n) is 5.59. The highest BCUT2D eigenvalue weighted by Crippen LogP contribution is 2.29. The summed E-state index contributed by atoms with van der Waals surface area (Å²) in [6, 6.07) is 4.50. The molecule has 4 nitrogen and oxygen atoms in total. The largest absolute Gasteiger partial charge is 0.361 e. The SMILES string of the molecule is CC[C@H](C(=O)N(C)Cc1c(F)cccc1Cl)c1c(C)noc1C. The third-order valence-electron chi connectivity index (χ3n) is 3.98. The number of amides is 1. The summed E-state index contributed by atoms with van der Waals surface area (Å²) in [6.07, 6.45) is 0.608. The predicted molar refractivity (Wildman–Crippen MR) is 86.9 cm³/mol. The summed E-state index contributed by atoms with van der Waals surface area (Å²) in [4.78, 5) is 14.3. The summed E-state index contributed by atoms with van der Waals surface area (Å²) in [5.74, 6) is -0.249. The van der Waals surface area contributed by atoms with Gasteiger partial charge in [0.25, 0.3) is 0 Å². The summed E-state index contributed by atoms with van der Waals surface area (Å²) in [6.45, 7) is 5.65. The third kappa shape index (κ3) is 3.55. The molecule has 1 amide bonds. The smallest absolute Gasteiger partial charge is 0.230 e. The standard InChI is InChI=1S/C17H20ClFN2O2/c1-5-12(16-10(2)20-23-11(16)3)17(22)21(4)9-13-14(18)7-6-8-15(13)19/h6-8,12H,5,9H2,1-4H3/t12-/m0/s1. The van der Waals surface area contributed by atoms with Gasteiger partial charge in [-0.1, -0.05) is 29.7 Å². The number of rotatable bonds is 5. The van der Waals surface area contributed by atoms with Gasteiger partial charge in [0.15, 0.2) is 0 Å². The van der Waals surface area contributed by atoms with Gasteiger partial charge >= 0.3 is 0 Å². The monoisotopic (exact) mass is 338 g/mol. The van der Waals surface area contributed by atoms with E-state index in [1.807, 2.05) is 13.8 Å². The normalized spacial score (nSPS) is 12.3. The zero-order valence-electron chi connectivity index (χ0n) is 13.7. The van der Waals surface area contributed by atoms with E-state index in [-0.39, 0.29) is 18.4 Å². The van der Waals surface area contributed by atoms with Crippen molar-refractivity contribution >= 4 is 17.5 Å². The van der Waals surface area contributed by atoms with Crippen molar-refractivity contribution in [3.05, 3.63) is 51.6 Å². The molecule has 0 aliphatic carbocycles. The van der Waals surface area contributed by atoms with E-state index in [4.69, 9.17) is 16.1 Å². The van der Waals surface area contributed by atoms with Gasteiger partial charge in [-0.3, -0.25) is 4.79 Å². The maximum absolute atomic E-state index is 13.9. The van der Waals surface area contributed by atoms with Gasteiger partial charge in [0, 0.05) is 29.7 Å². The van der Waals surface area contributed by atoms with Crippen molar-refractivity contribution < 1.29 is 13.7 Å². The van der Waals surface area contributed by atoms with Crippen LogP contribution in [0.25, 0.3) is 0 Å². The van der Waals surface area contributed by atoms with E-state index in [0.717, 1.165) is 5.56 Å². The van der Waals surface area contributed by atoms with Crippen molar-refractivity contribution in [2.45, 2.75) is 39.7 Å². The number of carbonyl (C=O) groups is 1. The van der Waals surface area contributed by atoms with Gasteiger partial charge in [-0.25, -0.2) is 4.39 Å². The number of hydrogen-bond acceptors (Lipinski definition) is 3. The topological polar surface area (TPSA) is 46.3 Å². The van der Waals surface area contributed by atoms with Crippen LogP contribution in [0.1, 0.15) is 41.8 Å². The van der Waals surface area contributed by atoms with Crippen molar-refractivity contribution in [3.8, 4) is 0 Å². The lowest BCUT2D eigenvalue weighted by molar-refractivity contribution is -0.132. The van der Waals surface area contributed by atoms with Crippen molar-refractivity contribution in [2.75, 3.05) is 7.05 Å². The van der Waals surface area contributed by atoms with Crippen LogP contribution in [0, 0.1) is 19.7 Å². The van der Waals surface area contributed by atoms with E-state index in [0.29, 0.717) is 28.5 Å². The molecule has 6 heteroatoms. The van der Waals surface area contributed by atoms with Crippen molar-refractivity contribution in [1.29, 1.82) is 0 Å². The van der Waals surface area contributed by atoms with E-state index in [1.165, 1.54) is 11.0 Å². The van der Waals surface area contributed by atoms with Crippen LogP contribution in [0.3, 0.4) is 0 Å². The fourth-order valence-electron chi connectivity index (χ4n) is 2.75. The molecule has 0 radical (unpaired) electrons. The van der Waals surface area contributed by atoms with Crippen LogP contribution < -0.4 is 0 Å². The van der Waals surface area contributed by atoms with Crippen LogP contribution in [-0.4, -0.2) is 23.0 Å². The molecule has 0 unspecified atom stereocenters. The fraction of sp³-hybridized carbons (Fsp3) is 0.412. The maximum atomic E-state index is 13.9. The lowest BCUT2D eigenvalue weighted by Gasteiger charge is -2.23. The first-order valence-electron chi connectivity index (χ1n) is 7.47. The number of aryl methyl sites for hydroxylation is 2. The first kappa shape index (κ1) is 17.5. The Balaban J connectivity index is 2.24. The first-order valence-corrected chi connectivity index (χ1v) is 7.85. The number of aromatic nitrogens is 1. The Morgan fingerprint density at radius 1 is 1.43 bits per heavy atom. The van der Waals surface area contributed by atoms with Gasteiger partial charge < -0.3 is 9.42 Å². The van der Waals surface area contributed by atoms with Crippen LogP contribution >= 0.6 is 11.6 Å². The predicted octanol–water partition coefficient (Wildman–Crippen LogP) is 4.24. The van der Waals surface area contributed by atoms with Crippen LogP contribution in [0.15, 0.2) is 22.7 Å². The average molecular weight is 339 g/mol. The number of nitrogens with zero attached hydrogens (tertiary/aromatic N) is 2. The highest BCUT2D eigenvalue weighted by Gasteiger charge is 2.28. The molecule has 0 bridgehead atoms. The average Bonchev–Trinajstić information content (AvgIpc) is 2.84. The number of likely N-dealkylation sites (N-methyl/N-ethyl adjacent to an activating group) is 1. The molecule has 23 heavy (non-hydrogen) atoms. The Morgan fingerprint density at radius 3 is 2.65 bits per heavy atom. The summed E-state index contributed by atoms with van der Waals surface area (Å²) < 4.78 is 19.1. The van der Waals surface area contributed by atoms with Crippen LogP contribution in [0.4, 0.5) is 4.39 Å². The van der Waals surface area contributed by atoms with E-state index in [1.54, 1.807) is 26.1 Å². The molecular weight excluding hydrogens is 319 g/mol. The van der Waals surface area contributed by atoms with Gasteiger partial charge in [0.2, 0.25) is 5.91 Å². The minimum absolute atomic E-state index is 0.110. The van der Waals surface area contributed by atoms with Crippen LogP contribution in [0.2, 0.25) is 5.02 Å². The molecule has 1 aromatic heterocycles. The van der Waals surface area contributed by atoms with Gasteiger partial charge in [0.1, 0.15) is 11.6 Å². The minimum Gasteiger partial charge on any atom is -0.361 e. The highest BCUT2D eigenvalue weighted by atomic mass is 35.5. The molecule has 124 valence electrons. The number of carbonyl (C=O) groups excluding carboxylic acids is 1. The molecule has 0 aliphatic rings. The molecule has 0 N–H and O–H groups in total. The second-order valence-corrected chi connectivity index (χ2v) is 6.00. The van der Waals surface area contributed by atoms with Gasteiger partial charge in [-0.05, 0) is 32.4 Å². The Morgan fingerprint density at radius 2 is 2.13 bits per heavy atom. The van der Waals surface area contributed by atoms with Crippen molar-refractivity contribution in [3.63, 3.8) is 0 Å². The van der Waals surface area contributed by atoms with Gasteiger partial charge in [-0.15, -0.1) is 0 Å². The molecule has 1 heterocycles. The molecular formula is C17H20ClFN2O2. The van der Waals surface area contributed by atoms with E-state index in [9.17, 15) is 9.18 Å². The molecule has 0 saturated carbocycles. The fourth-order valence-corrected chi connectivity index (χ4v) is 2.98. The number of benzene rings is 1. The lowest BCUT2D eigenvalue weighted by atomic mass is 9.93. The summed E-state index contributed by atoms with van der Waals surface area (Å²) in [7, 11) is 1.64. The highest BCUT2D eigenvalue weighted by molar-refractivity contribution is 6.31. The lowest BCUT2D eigenvalue weighted by Crippen LogP contribution is -2.32. The Labute approximate surface area is 140 Å². The summed E-state index contributed by atoms with van der Waals surface area (Å²) >= 11 is 6.04. The number of hydrogen-bond donors (Lipinski definition) is 0. The molecule has 2 aromatic rings. The second kappa shape index (κ2) is 7.13.